The van der Waals surface area contributed by atoms with Crippen LogP contribution in [0.15, 0.2) is 0 Å². The Morgan fingerprint density at radius 2 is 1.86 bits per heavy atom. The fourth-order valence-corrected chi connectivity index (χ4v) is 3.67. The number of carboxylic acid groups (broad SMARTS) is 1. The van der Waals surface area contributed by atoms with Crippen molar-refractivity contribution < 1.29 is 19.5 Å². The number of nitrogens with zero attached hydrogens (tertiary/aromatic N) is 1. The highest BCUT2D eigenvalue weighted by atomic mass is 16.4. The smallest absolute Gasteiger partial charge is 0.318 e. The maximum atomic E-state index is 12.3. The standard InChI is InChI=1S/C14H23N3O4/c1-8(4-12(15)18)16-14(21)17-10-2-3-11(17)6-9(5-10)7-13(19)20/h8-11H,2-7H2,1H3,(H2,15,18)(H,16,21)(H,19,20). The summed E-state index contributed by atoms with van der Waals surface area (Å²) in [4.78, 5) is 35.9. The van der Waals surface area contributed by atoms with E-state index >= 15 is 0 Å². The maximum Gasteiger partial charge on any atom is 0.318 e. The summed E-state index contributed by atoms with van der Waals surface area (Å²) >= 11 is 0. The van der Waals surface area contributed by atoms with E-state index in [2.05, 4.69) is 5.32 Å². The molecule has 2 rings (SSSR count). The molecule has 0 aromatic carbocycles. The lowest BCUT2D eigenvalue weighted by Gasteiger charge is -2.39. The minimum Gasteiger partial charge on any atom is -0.481 e. The van der Waals surface area contributed by atoms with Crippen molar-refractivity contribution in [3.8, 4) is 0 Å². The van der Waals surface area contributed by atoms with Gasteiger partial charge < -0.3 is 21.1 Å². The topological polar surface area (TPSA) is 113 Å². The van der Waals surface area contributed by atoms with Crippen molar-refractivity contribution in [1.29, 1.82) is 0 Å². The second kappa shape index (κ2) is 6.32. The molecular weight excluding hydrogens is 274 g/mol. The van der Waals surface area contributed by atoms with E-state index in [-0.39, 0.29) is 42.9 Å². The number of nitrogens with two attached hydrogens (primary N) is 1. The highest BCUT2D eigenvalue weighted by molar-refractivity contribution is 5.78. The van der Waals surface area contributed by atoms with Crippen LogP contribution in [0.4, 0.5) is 4.79 Å². The fraction of sp³-hybridized carbons (Fsp3) is 0.786. The van der Waals surface area contributed by atoms with Crippen LogP contribution in [0.25, 0.3) is 0 Å². The number of aliphatic carboxylic acids is 1. The summed E-state index contributed by atoms with van der Waals surface area (Å²) in [5.41, 5.74) is 5.12. The van der Waals surface area contributed by atoms with Crippen molar-refractivity contribution in [2.75, 3.05) is 0 Å². The van der Waals surface area contributed by atoms with Crippen molar-refractivity contribution in [2.24, 2.45) is 11.7 Å². The highest BCUT2D eigenvalue weighted by Crippen LogP contribution is 2.39. The number of hydrogen-bond donors (Lipinski definition) is 3. The zero-order chi connectivity index (χ0) is 15.6. The summed E-state index contributed by atoms with van der Waals surface area (Å²) in [5.74, 6) is -1.05. The van der Waals surface area contributed by atoms with E-state index in [9.17, 15) is 14.4 Å². The number of carboxylic acids is 1. The van der Waals surface area contributed by atoms with E-state index in [1.165, 1.54) is 0 Å². The van der Waals surface area contributed by atoms with E-state index in [4.69, 9.17) is 10.8 Å². The summed E-state index contributed by atoms with van der Waals surface area (Å²) in [7, 11) is 0. The molecule has 2 aliphatic heterocycles. The number of primary amides is 1. The van der Waals surface area contributed by atoms with E-state index < -0.39 is 11.9 Å². The van der Waals surface area contributed by atoms with Crippen LogP contribution in [0.2, 0.25) is 0 Å². The molecule has 3 unspecified atom stereocenters. The molecule has 118 valence electrons. The van der Waals surface area contributed by atoms with Gasteiger partial charge >= 0.3 is 12.0 Å². The molecule has 2 fully saturated rings. The summed E-state index contributed by atoms with van der Waals surface area (Å²) < 4.78 is 0. The van der Waals surface area contributed by atoms with Gasteiger partial charge in [-0.1, -0.05) is 0 Å². The Bertz CT molecular complexity index is 426. The number of carbonyl (C=O) groups is 3. The Balaban J connectivity index is 1.92. The van der Waals surface area contributed by atoms with Gasteiger partial charge in [0, 0.05) is 31.0 Å². The molecule has 7 nitrogen and oxygen atoms in total. The second-order valence-corrected chi connectivity index (χ2v) is 6.25. The van der Waals surface area contributed by atoms with Crippen molar-refractivity contribution in [3.63, 3.8) is 0 Å². The molecule has 0 aromatic heterocycles. The van der Waals surface area contributed by atoms with E-state index in [0.717, 1.165) is 25.7 Å². The Hall–Kier alpha value is -1.79. The largest absolute Gasteiger partial charge is 0.481 e. The van der Waals surface area contributed by atoms with Gasteiger partial charge in [0.25, 0.3) is 0 Å². The van der Waals surface area contributed by atoms with Gasteiger partial charge in [0.05, 0.1) is 0 Å². The first-order valence-electron chi connectivity index (χ1n) is 7.45. The molecule has 7 heteroatoms. The number of rotatable bonds is 5. The average molecular weight is 297 g/mol. The Labute approximate surface area is 123 Å². The average Bonchev–Trinajstić information content (AvgIpc) is 2.59. The van der Waals surface area contributed by atoms with Gasteiger partial charge in [0.2, 0.25) is 5.91 Å². The maximum absolute atomic E-state index is 12.3. The van der Waals surface area contributed by atoms with Crippen LogP contribution in [0, 0.1) is 5.92 Å². The zero-order valence-corrected chi connectivity index (χ0v) is 12.2. The Morgan fingerprint density at radius 1 is 1.29 bits per heavy atom. The predicted molar refractivity (Wildman–Crippen MR) is 75.4 cm³/mol. The number of amides is 3. The molecule has 2 heterocycles. The van der Waals surface area contributed by atoms with Gasteiger partial charge in [-0.05, 0) is 38.5 Å². The Morgan fingerprint density at radius 3 is 2.33 bits per heavy atom. The third-order valence-electron chi connectivity index (χ3n) is 4.41. The monoisotopic (exact) mass is 297 g/mol. The molecule has 3 amide bonds. The molecule has 2 aliphatic rings. The molecule has 0 saturated carbocycles. The van der Waals surface area contributed by atoms with Gasteiger partial charge in [-0.2, -0.15) is 0 Å². The lowest BCUT2D eigenvalue weighted by Crippen LogP contribution is -2.53. The minimum absolute atomic E-state index is 0.119. The Kier molecular flexibility index (Phi) is 4.69. The minimum atomic E-state index is -0.771. The van der Waals surface area contributed by atoms with Crippen LogP contribution < -0.4 is 11.1 Å². The normalized spacial score (nSPS) is 29.0. The molecule has 3 atom stereocenters. The third kappa shape index (κ3) is 3.86. The summed E-state index contributed by atoms with van der Waals surface area (Å²) in [5, 5.41) is 11.7. The van der Waals surface area contributed by atoms with Crippen molar-refractivity contribution in [2.45, 2.75) is 63.6 Å². The second-order valence-electron chi connectivity index (χ2n) is 6.25. The number of piperidine rings is 1. The highest BCUT2D eigenvalue weighted by Gasteiger charge is 2.43. The molecule has 2 saturated heterocycles. The molecule has 21 heavy (non-hydrogen) atoms. The van der Waals surface area contributed by atoms with Crippen LogP contribution >= 0.6 is 0 Å². The van der Waals surface area contributed by atoms with Crippen LogP contribution in [0.5, 0.6) is 0 Å². The summed E-state index contributed by atoms with van der Waals surface area (Å²) in [6, 6.07) is -0.209. The van der Waals surface area contributed by atoms with Crippen LogP contribution in [0.3, 0.4) is 0 Å². The molecule has 0 aromatic rings. The van der Waals surface area contributed by atoms with Gasteiger partial charge in [-0.25, -0.2) is 4.79 Å². The molecule has 4 N–H and O–H groups in total. The first kappa shape index (κ1) is 15.6. The van der Waals surface area contributed by atoms with Crippen LogP contribution in [-0.4, -0.2) is 46.0 Å². The van der Waals surface area contributed by atoms with Gasteiger partial charge in [0.15, 0.2) is 0 Å². The SMILES string of the molecule is CC(CC(N)=O)NC(=O)N1C2CCC1CC(CC(=O)O)C2. The molecule has 2 bridgehead atoms. The predicted octanol–water partition coefficient (Wildman–Crippen LogP) is 0.678. The number of hydrogen-bond acceptors (Lipinski definition) is 3. The van der Waals surface area contributed by atoms with Gasteiger partial charge in [0.1, 0.15) is 0 Å². The number of carbonyl (C=O) groups excluding carboxylic acids is 2. The number of nitrogens with one attached hydrogen (secondary N) is 1. The first-order valence-corrected chi connectivity index (χ1v) is 7.45. The van der Waals surface area contributed by atoms with E-state index in [1.807, 2.05) is 4.90 Å². The summed E-state index contributed by atoms with van der Waals surface area (Å²) in [6.45, 7) is 1.75. The van der Waals surface area contributed by atoms with Crippen molar-refractivity contribution in [1.82, 2.24) is 10.2 Å². The van der Waals surface area contributed by atoms with E-state index in [1.54, 1.807) is 6.92 Å². The molecule has 0 spiro atoms. The molecule has 0 aliphatic carbocycles. The van der Waals surface area contributed by atoms with Crippen molar-refractivity contribution >= 4 is 17.9 Å². The first-order chi connectivity index (χ1) is 9.86. The zero-order valence-electron chi connectivity index (χ0n) is 12.2. The van der Waals surface area contributed by atoms with Crippen molar-refractivity contribution in [3.05, 3.63) is 0 Å². The van der Waals surface area contributed by atoms with E-state index in [0.29, 0.717) is 0 Å². The lowest BCUT2D eigenvalue weighted by atomic mass is 9.88. The van der Waals surface area contributed by atoms with Gasteiger partial charge in [-0.15, -0.1) is 0 Å². The summed E-state index contributed by atoms with van der Waals surface area (Å²) in [6.07, 6.45) is 3.66. The van der Waals surface area contributed by atoms with Crippen LogP contribution in [-0.2, 0) is 9.59 Å². The molecular formula is C14H23N3O4. The fourth-order valence-electron chi connectivity index (χ4n) is 3.67. The third-order valence-corrected chi connectivity index (χ3v) is 4.41. The molecule has 0 radical (unpaired) electrons. The van der Waals surface area contributed by atoms with Gasteiger partial charge in [-0.3, -0.25) is 9.59 Å². The number of urea groups is 1. The number of fused-ring (bicyclic) bond motifs is 2. The van der Waals surface area contributed by atoms with Crippen LogP contribution in [0.1, 0.15) is 45.4 Å². The quantitative estimate of drug-likeness (QED) is 0.692. The lowest BCUT2D eigenvalue weighted by molar-refractivity contribution is -0.138.